The number of ether oxygens (including phenoxy) is 1. The monoisotopic (exact) mass is 418 g/mol. The summed E-state index contributed by atoms with van der Waals surface area (Å²) in [5.41, 5.74) is 8.59. The van der Waals surface area contributed by atoms with E-state index in [-0.39, 0.29) is 17.7 Å². The number of furan rings is 1. The first-order valence-corrected chi connectivity index (χ1v) is 10.4. The van der Waals surface area contributed by atoms with Gasteiger partial charge in [-0.1, -0.05) is 31.9 Å². The Labute approximate surface area is 180 Å². The van der Waals surface area contributed by atoms with E-state index in [2.05, 4.69) is 22.4 Å². The lowest BCUT2D eigenvalue weighted by Gasteiger charge is -2.19. The molecule has 2 aromatic heterocycles. The zero-order chi connectivity index (χ0) is 21.8. The van der Waals surface area contributed by atoms with Crippen LogP contribution in [0.3, 0.4) is 0 Å². The molecule has 1 amide bonds. The van der Waals surface area contributed by atoms with Crippen molar-refractivity contribution in [2.45, 2.75) is 32.2 Å². The summed E-state index contributed by atoms with van der Waals surface area (Å²) in [6.07, 6.45) is 2.87. The van der Waals surface area contributed by atoms with Gasteiger partial charge in [0.25, 0.3) is 5.91 Å². The highest BCUT2D eigenvalue weighted by atomic mass is 16.5. The molecule has 0 bridgehead atoms. The van der Waals surface area contributed by atoms with Crippen molar-refractivity contribution in [2.24, 2.45) is 0 Å². The smallest absolute Gasteiger partial charge is 0.287 e. The van der Waals surface area contributed by atoms with Crippen LogP contribution >= 0.6 is 0 Å². The van der Waals surface area contributed by atoms with E-state index in [1.165, 1.54) is 0 Å². The summed E-state index contributed by atoms with van der Waals surface area (Å²) in [5.74, 6) is 1.80. The topological polar surface area (TPSA) is 106 Å². The molecule has 4 N–H and O–H groups in total. The highest BCUT2D eigenvalue weighted by Crippen LogP contribution is 2.29. The van der Waals surface area contributed by atoms with Gasteiger partial charge in [-0.15, -0.1) is 0 Å². The van der Waals surface area contributed by atoms with Crippen molar-refractivity contribution in [1.29, 1.82) is 0 Å². The third-order valence-corrected chi connectivity index (χ3v) is 5.35. The zero-order valence-electron chi connectivity index (χ0n) is 17.6. The summed E-state index contributed by atoms with van der Waals surface area (Å²) in [4.78, 5) is 12.9. The van der Waals surface area contributed by atoms with E-state index in [4.69, 9.17) is 14.9 Å². The van der Waals surface area contributed by atoms with Crippen molar-refractivity contribution in [1.82, 2.24) is 15.5 Å². The number of nitrogens with two attached hydrogens (primary N) is 1. The molecule has 0 aliphatic carbocycles. The Hall–Kier alpha value is -3.74. The second-order valence-electron chi connectivity index (χ2n) is 7.48. The highest BCUT2D eigenvalue weighted by molar-refractivity contribution is 5.94. The Bertz CT molecular complexity index is 1190. The van der Waals surface area contributed by atoms with Crippen LogP contribution in [0.2, 0.25) is 0 Å². The Kier molecular flexibility index (Phi) is 5.93. The van der Waals surface area contributed by atoms with E-state index in [1.807, 2.05) is 42.5 Å². The SMILES string of the molecule is CCCCC(NC(=O)c1ccc(-c2ccc3[nH]nc(N)c3c2)o1)c1cccc(OC)c1. The number of carbonyl (C=O) groups is 1. The lowest BCUT2D eigenvalue weighted by Crippen LogP contribution is -2.28. The molecule has 160 valence electrons. The first-order valence-electron chi connectivity index (χ1n) is 10.4. The van der Waals surface area contributed by atoms with Crippen molar-refractivity contribution < 1.29 is 13.9 Å². The molecule has 0 aliphatic heterocycles. The average molecular weight is 418 g/mol. The van der Waals surface area contributed by atoms with E-state index in [1.54, 1.807) is 19.2 Å². The van der Waals surface area contributed by atoms with Gasteiger partial charge >= 0.3 is 0 Å². The van der Waals surface area contributed by atoms with Crippen LogP contribution in [0.1, 0.15) is 48.3 Å². The normalized spacial score (nSPS) is 12.1. The molecule has 0 saturated carbocycles. The van der Waals surface area contributed by atoms with Gasteiger partial charge in [0, 0.05) is 10.9 Å². The van der Waals surface area contributed by atoms with Gasteiger partial charge in [0.2, 0.25) is 0 Å². The van der Waals surface area contributed by atoms with E-state index >= 15 is 0 Å². The molecule has 0 aliphatic rings. The number of unbranched alkanes of at least 4 members (excludes halogenated alkanes) is 1. The number of benzene rings is 2. The number of aromatic nitrogens is 2. The molecule has 7 heteroatoms. The number of rotatable bonds is 8. The number of fused-ring (bicyclic) bond motifs is 1. The zero-order valence-corrected chi connectivity index (χ0v) is 17.6. The van der Waals surface area contributed by atoms with Crippen molar-refractivity contribution in [3.05, 3.63) is 65.9 Å². The fourth-order valence-corrected chi connectivity index (χ4v) is 3.62. The number of hydrogen-bond acceptors (Lipinski definition) is 5. The number of anilines is 1. The van der Waals surface area contributed by atoms with Gasteiger partial charge in [-0.3, -0.25) is 9.89 Å². The number of hydrogen-bond donors (Lipinski definition) is 3. The van der Waals surface area contributed by atoms with E-state index in [9.17, 15) is 4.79 Å². The van der Waals surface area contributed by atoms with Gasteiger partial charge in [0.05, 0.1) is 18.7 Å². The van der Waals surface area contributed by atoms with Crippen LogP contribution in [0, 0.1) is 0 Å². The van der Waals surface area contributed by atoms with Gasteiger partial charge < -0.3 is 20.2 Å². The standard InChI is InChI=1S/C24H26N4O3/c1-3-4-8-19(15-6-5-7-17(13-15)30-2)26-24(29)22-12-11-21(31-22)16-9-10-20-18(14-16)23(25)28-27-20/h5-7,9-14,19H,3-4,8H2,1-2H3,(H,26,29)(H3,25,27,28). The largest absolute Gasteiger partial charge is 0.497 e. The van der Waals surface area contributed by atoms with Crippen LogP contribution < -0.4 is 15.8 Å². The maximum Gasteiger partial charge on any atom is 0.287 e. The Balaban J connectivity index is 1.55. The first-order chi connectivity index (χ1) is 15.1. The number of aromatic amines is 1. The molecule has 0 radical (unpaired) electrons. The van der Waals surface area contributed by atoms with Crippen LogP contribution in [0.4, 0.5) is 5.82 Å². The van der Waals surface area contributed by atoms with Crippen molar-refractivity contribution in [3.8, 4) is 17.1 Å². The third kappa shape index (κ3) is 4.40. The number of nitrogens with zero attached hydrogens (tertiary/aromatic N) is 1. The Morgan fingerprint density at radius 3 is 2.90 bits per heavy atom. The molecule has 7 nitrogen and oxygen atoms in total. The van der Waals surface area contributed by atoms with Crippen LogP contribution in [-0.4, -0.2) is 23.2 Å². The molecule has 0 saturated heterocycles. The summed E-state index contributed by atoms with van der Waals surface area (Å²) >= 11 is 0. The lowest BCUT2D eigenvalue weighted by atomic mass is 10.0. The first kappa shape index (κ1) is 20.5. The molecular formula is C24H26N4O3. The lowest BCUT2D eigenvalue weighted by molar-refractivity contribution is 0.0906. The number of amides is 1. The maximum absolute atomic E-state index is 12.9. The quantitative estimate of drug-likeness (QED) is 0.370. The van der Waals surface area contributed by atoms with E-state index < -0.39 is 0 Å². The summed E-state index contributed by atoms with van der Waals surface area (Å²) in [6, 6.07) is 16.8. The minimum absolute atomic E-state index is 0.127. The fraction of sp³-hybridized carbons (Fsp3) is 0.250. The number of H-pyrrole nitrogens is 1. The summed E-state index contributed by atoms with van der Waals surface area (Å²) in [7, 11) is 1.64. The molecule has 1 atom stereocenters. The summed E-state index contributed by atoms with van der Waals surface area (Å²) < 4.78 is 11.2. The minimum Gasteiger partial charge on any atom is -0.497 e. The second-order valence-corrected chi connectivity index (χ2v) is 7.48. The molecule has 2 aromatic carbocycles. The minimum atomic E-state index is -0.251. The van der Waals surface area contributed by atoms with Gasteiger partial charge in [-0.25, -0.2) is 0 Å². The fourth-order valence-electron chi connectivity index (χ4n) is 3.62. The molecule has 1 unspecified atom stereocenters. The molecule has 4 rings (SSSR count). The second kappa shape index (κ2) is 8.95. The Morgan fingerprint density at radius 1 is 1.23 bits per heavy atom. The number of nitrogen functional groups attached to an aromatic ring is 1. The molecule has 4 aromatic rings. The predicted molar refractivity (Wildman–Crippen MR) is 121 cm³/mol. The summed E-state index contributed by atoms with van der Waals surface area (Å²) in [6.45, 7) is 2.13. The molecule has 31 heavy (non-hydrogen) atoms. The maximum atomic E-state index is 12.9. The van der Waals surface area contributed by atoms with Gasteiger partial charge in [0.1, 0.15) is 11.5 Å². The average Bonchev–Trinajstić information content (AvgIpc) is 3.44. The van der Waals surface area contributed by atoms with Gasteiger partial charge in [-0.2, -0.15) is 5.10 Å². The van der Waals surface area contributed by atoms with Crippen molar-refractivity contribution in [2.75, 3.05) is 12.8 Å². The number of nitrogens with one attached hydrogen (secondary N) is 2. The number of carbonyl (C=O) groups excluding carboxylic acids is 1. The van der Waals surface area contributed by atoms with Gasteiger partial charge in [0.15, 0.2) is 11.6 Å². The van der Waals surface area contributed by atoms with Crippen LogP contribution in [0.5, 0.6) is 5.75 Å². The Morgan fingerprint density at radius 2 is 2.10 bits per heavy atom. The highest BCUT2D eigenvalue weighted by Gasteiger charge is 2.19. The molecule has 0 spiro atoms. The molecular weight excluding hydrogens is 392 g/mol. The van der Waals surface area contributed by atoms with E-state index in [0.717, 1.165) is 47.0 Å². The van der Waals surface area contributed by atoms with Gasteiger partial charge in [-0.05, 0) is 54.4 Å². The van der Waals surface area contributed by atoms with Crippen molar-refractivity contribution in [3.63, 3.8) is 0 Å². The van der Waals surface area contributed by atoms with Crippen molar-refractivity contribution >= 4 is 22.6 Å². The van der Waals surface area contributed by atoms with Crippen LogP contribution in [-0.2, 0) is 0 Å². The molecule has 0 fully saturated rings. The number of methoxy groups -OCH3 is 1. The van der Waals surface area contributed by atoms with Crippen LogP contribution in [0.15, 0.2) is 59.0 Å². The summed E-state index contributed by atoms with van der Waals surface area (Å²) in [5, 5.41) is 10.8. The van der Waals surface area contributed by atoms with E-state index in [0.29, 0.717) is 11.6 Å². The predicted octanol–water partition coefficient (Wildman–Crippen LogP) is 5.08. The third-order valence-electron chi connectivity index (χ3n) is 5.35. The van der Waals surface area contributed by atoms with Crippen LogP contribution in [0.25, 0.3) is 22.2 Å². The molecule has 2 heterocycles.